The Bertz CT molecular complexity index is 318. The topological polar surface area (TPSA) is 0 Å². The summed E-state index contributed by atoms with van der Waals surface area (Å²) in [6.45, 7) is 4.25. The molecule has 0 unspecified atom stereocenters. The van der Waals surface area contributed by atoms with Gasteiger partial charge in [0.25, 0.3) is 0 Å². The van der Waals surface area contributed by atoms with Crippen LogP contribution < -0.4 is 0 Å². The first-order valence-electron chi connectivity index (χ1n) is 4.44. The van der Waals surface area contributed by atoms with Gasteiger partial charge in [0, 0.05) is 5.88 Å². The van der Waals surface area contributed by atoms with Gasteiger partial charge in [0.15, 0.2) is 0 Å². The summed E-state index contributed by atoms with van der Waals surface area (Å²) in [5.41, 5.74) is 1.27. The highest BCUT2D eigenvalue weighted by Gasteiger charge is 2.17. The van der Waals surface area contributed by atoms with E-state index >= 15 is 0 Å². The molecule has 1 aromatic rings. The highest BCUT2D eigenvalue weighted by atomic mass is 35.5. The Hall–Kier alpha value is 0.0900. The van der Waals surface area contributed by atoms with E-state index in [2.05, 4.69) is 13.8 Å². The second kappa shape index (κ2) is 4.74. The van der Waals surface area contributed by atoms with Gasteiger partial charge >= 0.3 is 0 Å². The molecule has 1 aromatic carbocycles. The monoisotopic (exact) mass is 250 g/mol. The number of hydrogen-bond donors (Lipinski definition) is 0. The summed E-state index contributed by atoms with van der Waals surface area (Å²) in [5, 5.41) is 1.20. The van der Waals surface area contributed by atoms with E-state index in [1.807, 2.05) is 18.2 Å². The normalized spacial score (nSPS) is 11.8. The van der Waals surface area contributed by atoms with Gasteiger partial charge in [0.05, 0.1) is 10.0 Å². The Labute approximate surface area is 100 Å². The van der Waals surface area contributed by atoms with Crippen molar-refractivity contribution in [1.29, 1.82) is 0 Å². The van der Waals surface area contributed by atoms with Gasteiger partial charge < -0.3 is 0 Å². The van der Waals surface area contributed by atoms with E-state index in [1.54, 1.807) is 0 Å². The fraction of sp³-hybridized carbons (Fsp3) is 0.455. The zero-order valence-electron chi connectivity index (χ0n) is 8.28. The molecule has 0 saturated carbocycles. The minimum absolute atomic E-state index is 0.0959. The maximum atomic E-state index is 5.92. The molecule has 78 valence electrons. The predicted molar refractivity (Wildman–Crippen MR) is 64.7 cm³/mol. The standard InChI is InChI=1S/C11H13Cl3/c1-11(2,7-12)6-8-3-4-9(13)10(14)5-8/h3-5H,6-7H2,1-2H3. The smallest absolute Gasteiger partial charge is 0.0595 e. The lowest BCUT2D eigenvalue weighted by Gasteiger charge is -2.21. The van der Waals surface area contributed by atoms with Crippen LogP contribution >= 0.6 is 34.8 Å². The highest BCUT2D eigenvalue weighted by Crippen LogP contribution is 2.28. The quantitative estimate of drug-likeness (QED) is 0.677. The van der Waals surface area contributed by atoms with Crippen molar-refractivity contribution in [2.75, 3.05) is 5.88 Å². The molecule has 0 atom stereocenters. The first-order chi connectivity index (χ1) is 6.44. The second-order valence-electron chi connectivity index (χ2n) is 4.22. The van der Waals surface area contributed by atoms with Crippen molar-refractivity contribution in [3.05, 3.63) is 33.8 Å². The zero-order valence-corrected chi connectivity index (χ0v) is 10.5. The van der Waals surface area contributed by atoms with Gasteiger partial charge in [-0.1, -0.05) is 43.1 Å². The highest BCUT2D eigenvalue weighted by molar-refractivity contribution is 6.42. The molecule has 0 fully saturated rings. The van der Waals surface area contributed by atoms with Crippen molar-refractivity contribution in [3.8, 4) is 0 Å². The lowest BCUT2D eigenvalue weighted by molar-refractivity contribution is 0.418. The third kappa shape index (κ3) is 3.34. The Morgan fingerprint density at radius 1 is 1.14 bits per heavy atom. The third-order valence-electron chi connectivity index (χ3n) is 2.03. The first kappa shape index (κ1) is 12.2. The van der Waals surface area contributed by atoms with Gasteiger partial charge in [-0.3, -0.25) is 0 Å². The molecule has 0 bridgehead atoms. The van der Waals surface area contributed by atoms with Gasteiger partial charge in [-0.25, -0.2) is 0 Å². The van der Waals surface area contributed by atoms with E-state index in [4.69, 9.17) is 34.8 Å². The fourth-order valence-corrected chi connectivity index (χ4v) is 1.66. The molecule has 0 heterocycles. The lowest BCUT2D eigenvalue weighted by Crippen LogP contribution is -2.16. The molecule has 0 aliphatic heterocycles. The third-order valence-corrected chi connectivity index (χ3v) is 3.49. The summed E-state index contributed by atoms with van der Waals surface area (Å²) in [6, 6.07) is 5.71. The Kier molecular flexibility index (Phi) is 4.12. The molecule has 0 nitrogen and oxygen atoms in total. The van der Waals surface area contributed by atoms with Crippen molar-refractivity contribution in [1.82, 2.24) is 0 Å². The largest absolute Gasteiger partial charge is 0.126 e. The summed E-state index contributed by atoms with van der Waals surface area (Å²) >= 11 is 17.6. The van der Waals surface area contributed by atoms with Crippen molar-refractivity contribution in [2.45, 2.75) is 20.3 Å². The molecule has 0 aromatic heterocycles. The molecular formula is C11H13Cl3. The van der Waals surface area contributed by atoms with E-state index in [-0.39, 0.29) is 5.41 Å². The number of halogens is 3. The SMILES string of the molecule is CC(C)(CCl)Cc1ccc(Cl)c(Cl)c1. The number of alkyl halides is 1. The molecule has 0 spiro atoms. The fourth-order valence-electron chi connectivity index (χ4n) is 1.25. The molecule has 14 heavy (non-hydrogen) atoms. The molecular weight excluding hydrogens is 238 g/mol. The molecule has 0 N–H and O–H groups in total. The van der Waals surface area contributed by atoms with Crippen LogP contribution in [0.1, 0.15) is 19.4 Å². The summed E-state index contributed by atoms with van der Waals surface area (Å²) in [5.74, 6) is 0.632. The average molecular weight is 252 g/mol. The Balaban J connectivity index is 2.83. The van der Waals surface area contributed by atoms with Crippen molar-refractivity contribution in [2.24, 2.45) is 5.41 Å². The van der Waals surface area contributed by atoms with E-state index in [1.165, 1.54) is 5.56 Å². The van der Waals surface area contributed by atoms with Crippen molar-refractivity contribution < 1.29 is 0 Å². The van der Waals surface area contributed by atoms with E-state index in [0.717, 1.165) is 6.42 Å². The number of benzene rings is 1. The molecule has 0 amide bonds. The van der Waals surface area contributed by atoms with Crippen LogP contribution in [0.3, 0.4) is 0 Å². The van der Waals surface area contributed by atoms with Crippen LogP contribution in [-0.4, -0.2) is 5.88 Å². The van der Waals surface area contributed by atoms with Gasteiger partial charge in [0.1, 0.15) is 0 Å². The molecule has 0 aliphatic rings. The van der Waals surface area contributed by atoms with Gasteiger partial charge in [0.2, 0.25) is 0 Å². The lowest BCUT2D eigenvalue weighted by atomic mass is 9.88. The maximum Gasteiger partial charge on any atom is 0.0595 e. The summed E-state index contributed by atoms with van der Waals surface area (Å²) in [4.78, 5) is 0. The number of rotatable bonds is 3. The van der Waals surface area contributed by atoms with Gasteiger partial charge in [-0.2, -0.15) is 0 Å². The van der Waals surface area contributed by atoms with Crippen LogP contribution in [-0.2, 0) is 6.42 Å². The van der Waals surface area contributed by atoms with Crippen LogP contribution in [0.2, 0.25) is 10.0 Å². The first-order valence-corrected chi connectivity index (χ1v) is 5.73. The van der Waals surface area contributed by atoms with Crippen LogP contribution in [0.5, 0.6) is 0 Å². The zero-order chi connectivity index (χ0) is 10.8. The predicted octanol–water partition coefficient (Wildman–Crippen LogP) is 4.80. The Morgan fingerprint density at radius 3 is 2.29 bits per heavy atom. The summed E-state index contributed by atoms with van der Waals surface area (Å²) < 4.78 is 0. The second-order valence-corrected chi connectivity index (χ2v) is 5.30. The molecule has 3 heteroatoms. The van der Waals surface area contributed by atoms with E-state index in [9.17, 15) is 0 Å². The van der Waals surface area contributed by atoms with E-state index in [0.29, 0.717) is 15.9 Å². The average Bonchev–Trinajstić information content (AvgIpc) is 2.11. The molecule has 1 rings (SSSR count). The maximum absolute atomic E-state index is 5.92. The summed E-state index contributed by atoms with van der Waals surface area (Å²) in [6.07, 6.45) is 0.910. The number of hydrogen-bond acceptors (Lipinski definition) is 0. The Morgan fingerprint density at radius 2 is 1.79 bits per heavy atom. The molecule has 0 radical (unpaired) electrons. The minimum atomic E-state index is 0.0959. The van der Waals surface area contributed by atoms with Gasteiger partial charge in [-0.05, 0) is 29.5 Å². The molecule has 0 saturated heterocycles. The van der Waals surface area contributed by atoms with Crippen molar-refractivity contribution in [3.63, 3.8) is 0 Å². The minimum Gasteiger partial charge on any atom is -0.126 e. The van der Waals surface area contributed by atoms with Crippen LogP contribution in [0, 0.1) is 5.41 Å². The van der Waals surface area contributed by atoms with Crippen LogP contribution in [0.4, 0.5) is 0 Å². The van der Waals surface area contributed by atoms with Gasteiger partial charge in [-0.15, -0.1) is 11.6 Å². The molecule has 0 aliphatic carbocycles. The van der Waals surface area contributed by atoms with Crippen LogP contribution in [0.15, 0.2) is 18.2 Å². The summed E-state index contributed by atoms with van der Waals surface area (Å²) in [7, 11) is 0. The van der Waals surface area contributed by atoms with Crippen LogP contribution in [0.25, 0.3) is 0 Å². The van der Waals surface area contributed by atoms with Crippen molar-refractivity contribution >= 4 is 34.8 Å². The van der Waals surface area contributed by atoms with E-state index < -0.39 is 0 Å².